The van der Waals surface area contributed by atoms with Crippen molar-refractivity contribution in [2.45, 2.75) is 13.8 Å². The molecule has 0 aromatic heterocycles. The van der Waals surface area contributed by atoms with E-state index in [-0.39, 0.29) is 11.2 Å². The van der Waals surface area contributed by atoms with Crippen LogP contribution in [0, 0.1) is 5.41 Å². The third-order valence-corrected chi connectivity index (χ3v) is 3.87. The average Bonchev–Trinajstić information content (AvgIpc) is 2.41. The lowest BCUT2D eigenvalue weighted by Crippen LogP contribution is -2.49. The highest BCUT2D eigenvalue weighted by Crippen LogP contribution is 2.23. The zero-order valence-corrected chi connectivity index (χ0v) is 12.2. The minimum Gasteiger partial charge on any atom is -0.304 e. The van der Waals surface area contributed by atoms with E-state index in [0.717, 1.165) is 38.3 Å². The van der Waals surface area contributed by atoms with E-state index < -0.39 is 0 Å². The van der Waals surface area contributed by atoms with Gasteiger partial charge in [0.2, 0.25) is 0 Å². The maximum absolute atomic E-state index is 12.6. The maximum Gasteiger partial charge on any atom is 0.169 e. The molecule has 3 nitrogen and oxygen atoms in total. The number of benzene rings is 1. The third-order valence-electron chi connectivity index (χ3n) is 3.87. The summed E-state index contributed by atoms with van der Waals surface area (Å²) in [6.07, 6.45) is 0. The fraction of sp³-hybridized carbons (Fsp3) is 0.562. The van der Waals surface area contributed by atoms with Crippen LogP contribution >= 0.6 is 0 Å². The summed E-state index contributed by atoms with van der Waals surface area (Å²) in [7, 11) is 2.15. The van der Waals surface area contributed by atoms with E-state index in [1.807, 2.05) is 30.3 Å². The topological polar surface area (TPSA) is 23.6 Å². The van der Waals surface area contributed by atoms with Gasteiger partial charge in [-0.3, -0.25) is 9.69 Å². The standard InChI is InChI=1S/C16H24N2O/c1-16(2,13-18-11-9-17(3)10-12-18)15(19)14-7-5-4-6-8-14/h4-8H,9-13H2,1-3H3. The van der Waals surface area contributed by atoms with Gasteiger partial charge in [-0.05, 0) is 7.05 Å². The van der Waals surface area contributed by atoms with Gasteiger partial charge in [0.1, 0.15) is 0 Å². The molecule has 0 N–H and O–H groups in total. The molecule has 0 spiro atoms. The second kappa shape index (κ2) is 5.85. The zero-order chi connectivity index (χ0) is 13.9. The van der Waals surface area contributed by atoms with Crippen LogP contribution in [0.2, 0.25) is 0 Å². The van der Waals surface area contributed by atoms with Crippen molar-refractivity contribution in [2.75, 3.05) is 39.8 Å². The molecule has 1 aliphatic heterocycles. The Kier molecular flexibility index (Phi) is 4.38. The van der Waals surface area contributed by atoms with Crippen LogP contribution in [0.5, 0.6) is 0 Å². The smallest absolute Gasteiger partial charge is 0.169 e. The van der Waals surface area contributed by atoms with E-state index in [0.29, 0.717) is 0 Å². The van der Waals surface area contributed by atoms with Crippen LogP contribution in [0.1, 0.15) is 24.2 Å². The highest BCUT2D eigenvalue weighted by atomic mass is 16.1. The van der Waals surface area contributed by atoms with Gasteiger partial charge in [-0.25, -0.2) is 0 Å². The number of likely N-dealkylation sites (N-methyl/N-ethyl adjacent to an activating group) is 1. The lowest BCUT2D eigenvalue weighted by Gasteiger charge is -2.37. The van der Waals surface area contributed by atoms with E-state index in [1.165, 1.54) is 0 Å². The number of Topliss-reactive ketones (excluding diaryl/α,β-unsaturated/α-hetero) is 1. The van der Waals surface area contributed by atoms with Crippen molar-refractivity contribution in [1.29, 1.82) is 0 Å². The highest BCUT2D eigenvalue weighted by Gasteiger charge is 2.31. The molecule has 1 aliphatic rings. The summed E-state index contributed by atoms with van der Waals surface area (Å²) in [6, 6.07) is 9.63. The summed E-state index contributed by atoms with van der Waals surface area (Å²) < 4.78 is 0. The van der Waals surface area contributed by atoms with Crippen molar-refractivity contribution in [3.05, 3.63) is 35.9 Å². The minimum absolute atomic E-state index is 0.243. The fourth-order valence-electron chi connectivity index (χ4n) is 2.62. The summed E-state index contributed by atoms with van der Waals surface area (Å²) in [5, 5.41) is 0. The number of carbonyl (C=O) groups excluding carboxylic acids is 1. The predicted molar refractivity (Wildman–Crippen MR) is 78.5 cm³/mol. The van der Waals surface area contributed by atoms with Crippen LogP contribution in [0.25, 0.3) is 0 Å². The quantitative estimate of drug-likeness (QED) is 0.775. The van der Waals surface area contributed by atoms with Crippen molar-refractivity contribution in [3.63, 3.8) is 0 Å². The molecule has 0 bridgehead atoms. The molecule has 2 rings (SSSR count). The minimum atomic E-state index is -0.322. The molecule has 0 saturated carbocycles. The number of ketones is 1. The monoisotopic (exact) mass is 260 g/mol. The molecule has 0 radical (unpaired) electrons. The van der Waals surface area contributed by atoms with E-state index in [2.05, 4.69) is 30.7 Å². The van der Waals surface area contributed by atoms with E-state index in [1.54, 1.807) is 0 Å². The third kappa shape index (κ3) is 3.64. The highest BCUT2D eigenvalue weighted by molar-refractivity contribution is 6.00. The van der Waals surface area contributed by atoms with Crippen molar-refractivity contribution in [3.8, 4) is 0 Å². The van der Waals surface area contributed by atoms with E-state index in [4.69, 9.17) is 0 Å². The molecule has 0 amide bonds. The van der Waals surface area contributed by atoms with Gasteiger partial charge in [-0.15, -0.1) is 0 Å². The Bertz CT molecular complexity index is 420. The maximum atomic E-state index is 12.6. The van der Waals surface area contributed by atoms with Crippen LogP contribution in [0.4, 0.5) is 0 Å². The Morgan fingerprint density at radius 1 is 1.11 bits per heavy atom. The number of carbonyl (C=O) groups is 1. The molecule has 1 aromatic carbocycles. The average molecular weight is 260 g/mol. The summed E-state index contributed by atoms with van der Waals surface area (Å²) in [5.41, 5.74) is 0.499. The second-order valence-corrected chi connectivity index (χ2v) is 6.16. The van der Waals surface area contributed by atoms with E-state index in [9.17, 15) is 4.79 Å². The lowest BCUT2D eigenvalue weighted by molar-refractivity contribution is 0.0696. The Morgan fingerprint density at radius 2 is 1.68 bits per heavy atom. The van der Waals surface area contributed by atoms with Gasteiger partial charge < -0.3 is 4.90 Å². The number of nitrogens with zero attached hydrogens (tertiary/aromatic N) is 2. The first-order valence-corrected chi connectivity index (χ1v) is 7.00. The van der Waals surface area contributed by atoms with Gasteiger partial charge in [0.05, 0.1) is 0 Å². The van der Waals surface area contributed by atoms with Crippen molar-refractivity contribution in [1.82, 2.24) is 9.80 Å². The van der Waals surface area contributed by atoms with Gasteiger partial charge in [0, 0.05) is 43.7 Å². The number of piperazine rings is 1. The summed E-state index contributed by atoms with van der Waals surface area (Å²) in [4.78, 5) is 17.3. The molecule has 0 aliphatic carbocycles. The van der Waals surface area contributed by atoms with Gasteiger partial charge in [-0.1, -0.05) is 44.2 Å². The van der Waals surface area contributed by atoms with Crippen molar-refractivity contribution < 1.29 is 4.79 Å². The van der Waals surface area contributed by atoms with Crippen LogP contribution in [0.15, 0.2) is 30.3 Å². The van der Waals surface area contributed by atoms with Gasteiger partial charge in [-0.2, -0.15) is 0 Å². The molecule has 19 heavy (non-hydrogen) atoms. The molecule has 1 heterocycles. The second-order valence-electron chi connectivity index (χ2n) is 6.16. The largest absolute Gasteiger partial charge is 0.304 e. The zero-order valence-electron chi connectivity index (χ0n) is 12.2. The number of rotatable bonds is 4. The Hall–Kier alpha value is -1.19. The number of hydrogen-bond acceptors (Lipinski definition) is 3. The summed E-state index contributed by atoms with van der Waals surface area (Å²) >= 11 is 0. The Balaban J connectivity index is 2.00. The van der Waals surface area contributed by atoms with Gasteiger partial charge in [0.25, 0.3) is 0 Å². The molecule has 3 heteroatoms. The van der Waals surface area contributed by atoms with Crippen molar-refractivity contribution >= 4 is 5.78 Å². The first-order valence-electron chi connectivity index (χ1n) is 7.00. The predicted octanol–water partition coefficient (Wildman–Crippen LogP) is 2.14. The molecule has 1 saturated heterocycles. The Labute approximate surface area is 116 Å². The Morgan fingerprint density at radius 3 is 2.26 bits per heavy atom. The molecule has 104 valence electrons. The molecule has 0 unspecified atom stereocenters. The molecule has 0 atom stereocenters. The lowest BCUT2D eigenvalue weighted by atomic mass is 9.83. The van der Waals surface area contributed by atoms with Crippen LogP contribution < -0.4 is 0 Å². The normalized spacial score (nSPS) is 18.5. The SMILES string of the molecule is CN1CCN(CC(C)(C)C(=O)c2ccccc2)CC1. The fourth-order valence-corrected chi connectivity index (χ4v) is 2.62. The molecular formula is C16H24N2O. The van der Waals surface area contributed by atoms with Crippen LogP contribution in [-0.2, 0) is 0 Å². The van der Waals surface area contributed by atoms with Gasteiger partial charge in [0.15, 0.2) is 5.78 Å². The van der Waals surface area contributed by atoms with Crippen LogP contribution in [0.3, 0.4) is 0 Å². The van der Waals surface area contributed by atoms with Crippen LogP contribution in [-0.4, -0.2) is 55.4 Å². The first-order chi connectivity index (χ1) is 8.99. The number of hydrogen-bond donors (Lipinski definition) is 0. The first kappa shape index (κ1) is 14.2. The molecular weight excluding hydrogens is 236 g/mol. The molecule has 1 aromatic rings. The van der Waals surface area contributed by atoms with Gasteiger partial charge >= 0.3 is 0 Å². The van der Waals surface area contributed by atoms with E-state index >= 15 is 0 Å². The summed E-state index contributed by atoms with van der Waals surface area (Å²) in [5.74, 6) is 0.243. The molecule has 1 fully saturated rings. The summed E-state index contributed by atoms with van der Waals surface area (Å²) in [6.45, 7) is 9.26. The van der Waals surface area contributed by atoms with Crippen molar-refractivity contribution in [2.24, 2.45) is 5.41 Å².